The minimum atomic E-state index is -3.55. The molecule has 0 N–H and O–H groups in total. The molecule has 29 heavy (non-hydrogen) atoms. The van der Waals surface area contributed by atoms with E-state index in [9.17, 15) is 17.6 Å². The Labute approximate surface area is 179 Å². The number of piperazine rings is 1. The van der Waals surface area contributed by atoms with Gasteiger partial charge in [-0.1, -0.05) is 35.4 Å². The number of benzene rings is 2. The molecule has 0 unspecified atom stereocenters. The van der Waals surface area contributed by atoms with E-state index in [1.807, 2.05) is 6.92 Å². The van der Waals surface area contributed by atoms with Crippen LogP contribution in [-0.4, -0.2) is 55.5 Å². The number of rotatable bonds is 6. The minimum absolute atomic E-state index is 0.0724. The van der Waals surface area contributed by atoms with Crippen LogP contribution < -0.4 is 0 Å². The monoisotopic (exact) mass is 456 g/mol. The molecule has 1 amide bonds. The Kier molecular flexibility index (Phi) is 7.21. The number of thioether (sulfide) groups is 1. The third kappa shape index (κ3) is 5.51. The predicted molar refractivity (Wildman–Crippen MR) is 114 cm³/mol. The van der Waals surface area contributed by atoms with Crippen molar-refractivity contribution >= 4 is 39.3 Å². The predicted octanol–water partition coefficient (Wildman–Crippen LogP) is 3.55. The number of hydrogen-bond acceptors (Lipinski definition) is 4. The van der Waals surface area contributed by atoms with Gasteiger partial charge in [-0.3, -0.25) is 4.79 Å². The van der Waals surface area contributed by atoms with Crippen molar-refractivity contribution in [1.82, 2.24) is 9.21 Å². The van der Waals surface area contributed by atoms with Gasteiger partial charge in [-0.05, 0) is 36.8 Å². The van der Waals surface area contributed by atoms with Gasteiger partial charge in [0.2, 0.25) is 15.9 Å². The molecule has 0 spiro atoms. The molecule has 9 heteroatoms. The number of nitrogens with zero attached hydrogens (tertiary/aromatic N) is 2. The molecule has 2 aromatic rings. The number of aryl methyl sites for hydroxylation is 1. The average molecular weight is 457 g/mol. The summed E-state index contributed by atoms with van der Waals surface area (Å²) in [5.41, 5.74) is 1.50. The van der Waals surface area contributed by atoms with E-state index in [1.54, 1.807) is 41.3 Å². The second-order valence-electron chi connectivity index (χ2n) is 6.83. The third-order valence-corrected chi connectivity index (χ3v) is 7.86. The average Bonchev–Trinajstić information content (AvgIpc) is 2.70. The summed E-state index contributed by atoms with van der Waals surface area (Å²) in [6.07, 6.45) is 0. The zero-order valence-electron chi connectivity index (χ0n) is 16.0. The Morgan fingerprint density at radius 1 is 1.10 bits per heavy atom. The van der Waals surface area contributed by atoms with Crippen molar-refractivity contribution in [3.8, 4) is 0 Å². The van der Waals surface area contributed by atoms with E-state index in [2.05, 4.69) is 0 Å². The molecule has 1 aliphatic heterocycles. The van der Waals surface area contributed by atoms with Crippen LogP contribution in [0.2, 0.25) is 5.02 Å². The lowest BCUT2D eigenvalue weighted by Gasteiger charge is -2.34. The molecule has 2 aromatic carbocycles. The van der Waals surface area contributed by atoms with Gasteiger partial charge in [-0.2, -0.15) is 4.31 Å². The molecule has 3 rings (SSSR count). The molecule has 0 radical (unpaired) electrons. The first kappa shape index (κ1) is 22.1. The third-order valence-electron chi connectivity index (χ3n) is 4.75. The Morgan fingerprint density at radius 3 is 2.38 bits per heavy atom. The molecule has 156 valence electrons. The largest absolute Gasteiger partial charge is 0.339 e. The molecule has 5 nitrogen and oxygen atoms in total. The van der Waals surface area contributed by atoms with Gasteiger partial charge < -0.3 is 4.90 Å². The summed E-state index contributed by atoms with van der Waals surface area (Å²) >= 11 is 7.06. The van der Waals surface area contributed by atoms with E-state index in [0.717, 1.165) is 5.56 Å². The molecule has 0 atom stereocenters. The van der Waals surface area contributed by atoms with E-state index in [1.165, 1.54) is 22.1 Å². The molecule has 0 aromatic heterocycles. The Bertz CT molecular complexity index is 976. The molecule has 0 aliphatic carbocycles. The van der Waals surface area contributed by atoms with E-state index in [4.69, 9.17) is 11.6 Å². The van der Waals surface area contributed by atoms with E-state index >= 15 is 0 Å². The summed E-state index contributed by atoms with van der Waals surface area (Å²) in [6, 6.07) is 11.2. The quantitative estimate of drug-likeness (QED) is 0.667. The maximum Gasteiger partial charge on any atom is 0.243 e. The highest BCUT2D eigenvalue weighted by atomic mass is 35.5. The fourth-order valence-corrected chi connectivity index (χ4v) is 5.51. The summed E-state index contributed by atoms with van der Waals surface area (Å²) in [5.74, 6) is 0.132. The number of amides is 1. The van der Waals surface area contributed by atoms with Crippen LogP contribution in [0.4, 0.5) is 4.39 Å². The first-order valence-corrected chi connectivity index (χ1v) is 12.1. The first-order chi connectivity index (χ1) is 13.8. The lowest BCUT2D eigenvalue weighted by Crippen LogP contribution is -2.50. The Hall–Kier alpha value is -1.61. The van der Waals surface area contributed by atoms with Crippen molar-refractivity contribution in [3.63, 3.8) is 0 Å². The zero-order chi connectivity index (χ0) is 21.0. The van der Waals surface area contributed by atoms with Gasteiger partial charge in [0, 0.05) is 37.0 Å². The highest BCUT2D eigenvalue weighted by Crippen LogP contribution is 2.21. The second-order valence-corrected chi connectivity index (χ2v) is 10.2. The number of halogens is 2. The van der Waals surface area contributed by atoms with Crippen LogP contribution >= 0.6 is 23.4 Å². The van der Waals surface area contributed by atoms with E-state index in [0.29, 0.717) is 29.4 Å². The van der Waals surface area contributed by atoms with Crippen molar-refractivity contribution in [2.24, 2.45) is 0 Å². The molecular weight excluding hydrogens is 435 g/mol. The molecule has 1 heterocycles. The standard InChI is InChI=1S/C20H22ClFN2O3S2/c1-15-2-6-18(7-3-15)29(26,27)24-10-8-23(9-11-24)20(25)14-28-13-16-4-5-17(21)12-19(16)22/h2-7,12H,8-11,13-14H2,1H3. The summed E-state index contributed by atoms with van der Waals surface area (Å²) in [7, 11) is -3.55. The lowest BCUT2D eigenvalue weighted by molar-refractivity contribution is -0.129. The number of hydrogen-bond donors (Lipinski definition) is 0. The van der Waals surface area contributed by atoms with Crippen molar-refractivity contribution in [3.05, 3.63) is 64.4 Å². The van der Waals surface area contributed by atoms with Gasteiger partial charge >= 0.3 is 0 Å². The zero-order valence-corrected chi connectivity index (χ0v) is 18.4. The van der Waals surface area contributed by atoms with Crippen molar-refractivity contribution < 1.29 is 17.6 Å². The highest BCUT2D eigenvalue weighted by Gasteiger charge is 2.29. The Morgan fingerprint density at radius 2 is 1.76 bits per heavy atom. The fourth-order valence-electron chi connectivity index (χ4n) is 3.02. The van der Waals surface area contributed by atoms with Crippen LogP contribution in [0.1, 0.15) is 11.1 Å². The van der Waals surface area contributed by atoms with Gasteiger partial charge in [-0.25, -0.2) is 12.8 Å². The van der Waals surface area contributed by atoms with Crippen LogP contribution in [0.25, 0.3) is 0 Å². The van der Waals surface area contributed by atoms with Gasteiger partial charge in [0.1, 0.15) is 5.82 Å². The van der Waals surface area contributed by atoms with Crippen molar-refractivity contribution in [2.45, 2.75) is 17.6 Å². The first-order valence-electron chi connectivity index (χ1n) is 9.13. The number of sulfonamides is 1. The Balaban J connectivity index is 1.49. The summed E-state index contributed by atoms with van der Waals surface area (Å²) in [5, 5.41) is 0.339. The van der Waals surface area contributed by atoms with E-state index < -0.39 is 10.0 Å². The normalized spacial score (nSPS) is 15.5. The van der Waals surface area contributed by atoms with Crippen molar-refractivity contribution in [1.29, 1.82) is 0 Å². The number of carbonyl (C=O) groups excluding carboxylic acids is 1. The van der Waals surface area contributed by atoms with Crippen LogP contribution in [0.15, 0.2) is 47.4 Å². The van der Waals surface area contributed by atoms with Crippen LogP contribution in [0.3, 0.4) is 0 Å². The van der Waals surface area contributed by atoms with Gasteiger partial charge in [0.05, 0.1) is 10.6 Å². The van der Waals surface area contributed by atoms with Gasteiger partial charge in [0.25, 0.3) is 0 Å². The molecule has 1 aliphatic rings. The maximum absolute atomic E-state index is 13.8. The molecule has 1 fully saturated rings. The topological polar surface area (TPSA) is 57.7 Å². The molecule has 0 saturated carbocycles. The fraction of sp³-hybridized carbons (Fsp3) is 0.350. The minimum Gasteiger partial charge on any atom is -0.339 e. The number of carbonyl (C=O) groups is 1. The summed E-state index contributed by atoms with van der Waals surface area (Å²) in [4.78, 5) is 14.3. The molecule has 1 saturated heterocycles. The smallest absolute Gasteiger partial charge is 0.243 e. The van der Waals surface area contributed by atoms with E-state index in [-0.39, 0.29) is 35.5 Å². The maximum atomic E-state index is 13.8. The van der Waals surface area contributed by atoms with Gasteiger partial charge in [-0.15, -0.1) is 11.8 Å². The highest BCUT2D eigenvalue weighted by molar-refractivity contribution is 7.99. The molecule has 0 bridgehead atoms. The summed E-state index contributed by atoms with van der Waals surface area (Å²) in [6.45, 7) is 3.12. The SMILES string of the molecule is Cc1ccc(S(=O)(=O)N2CCN(C(=O)CSCc3ccc(Cl)cc3F)CC2)cc1. The lowest BCUT2D eigenvalue weighted by atomic mass is 10.2. The van der Waals surface area contributed by atoms with Crippen LogP contribution in [-0.2, 0) is 20.6 Å². The molecular formula is C20H22ClFN2O3S2. The van der Waals surface area contributed by atoms with Crippen LogP contribution in [0.5, 0.6) is 0 Å². The van der Waals surface area contributed by atoms with Crippen LogP contribution in [0, 0.1) is 12.7 Å². The van der Waals surface area contributed by atoms with Gasteiger partial charge in [0.15, 0.2) is 0 Å². The summed E-state index contributed by atoms with van der Waals surface area (Å²) < 4.78 is 40.7. The van der Waals surface area contributed by atoms with Crippen molar-refractivity contribution in [2.75, 3.05) is 31.9 Å². The second kappa shape index (κ2) is 9.47.